The molecule has 1 aliphatic rings. The topological polar surface area (TPSA) is 155 Å². The van der Waals surface area contributed by atoms with Crippen LogP contribution in [0.3, 0.4) is 0 Å². The number of aliphatic hydroxyl groups excluding tert-OH is 2. The van der Waals surface area contributed by atoms with Crippen LogP contribution in [0.1, 0.15) is 13.2 Å². The third-order valence-corrected chi connectivity index (χ3v) is 4.15. The number of aliphatic hydroxyl groups is 3. The zero-order valence-corrected chi connectivity index (χ0v) is 13.8. The Morgan fingerprint density at radius 1 is 1.56 bits per heavy atom. The molecule has 1 saturated heterocycles. The van der Waals surface area contributed by atoms with E-state index in [1.54, 1.807) is 0 Å². The number of aromatic nitrogens is 4. The molecule has 12 heteroatoms. The lowest BCUT2D eigenvalue weighted by atomic mass is 9.96. The first-order valence-electron chi connectivity index (χ1n) is 7.41. The highest BCUT2D eigenvalue weighted by Gasteiger charge is 2.55. The van der Waals surface area contributed by atoms with Crippen molar-refractivity contribution >= 4 is 17.1 Å². The van der Waals surface area contributed by atoms with Crippen molar-refractivity contribution in [2.45, 2.75) is 31.0 Å². The third kappa shape index (κ3) is 2.63. The van der Waals surface area contributed by atoms with Crippen LogP contribution in [-0.2, 0) is 9.57 Å². The molecular weight excluding hydrogens is 338 g/mol. The van der Waals surface area contributed by atoms with Crippen molar-refractivity contribution in [3.63, 3.8) is 0 Å². The van der Waals surface area contributed by atoms with Gasteiger partial charge >= 0.3 is 17.2 Å². The van der Waals surface area contributed by atoms with Gasteiger partial charge in [0.25, 0.3) is 5.52 Å². The van der Waals surface area contributed by atoms with Gasteiger partial charge in [0.1, 0.15) is 24.9 Å². The Morgan fingerprint density at radius 2 is 2.28 bits per heavy atom. The molecule has 0 spiro atoms. The highest BCUT2D eigenvalue weighted by atomic mass is 16.6. The number of rotatable bonds is 5. The number of nitrogens with zero attached hydrogens (tertiary/aromatic N) is 3. The van der Waals surface area contributed by atoms with Gasteiger partial charge in [-0.15, -0.1) is 0 Å². The summed E-state index contributed by atoms with van der Waals surface area (Å²) in [4.78, 5) is 28.9. The van der Waals surface area contributed by atoms with Crippen LogP contribution >= 0.6 is 0 Å². The maximum Gasteiger partial charge on any atom is 0.317 e. The Balaban J connectivity index is 2.21. The Hall–Kier alpha value is -2.25. The van der Waals surface area contributed by atoms with Gasteiger partial charge in [0.05, 0.1) is 13.7 Å². The van der Waals surface area contributed by atoms with E-state index in [-0.39, 0.29) is 17.1 Å². The van der Waals surface area contributed by atoms with E-state index in [4.69, 9.17) is 14.4 Å². The van der Waals surface area contributed by atoms with Gasteiger partial charge in [-0.25, -0.2) is 5.48 Å². The second kappa shape index (κ2) is 6.24. The number of ether oxygens (including phenoxy) is 1. The van der Waals surface area contributed by atoms with E-state index < -0.39 is 36.2 Å². The lowest BCUT2D eigenvalue weighted by molar-refractivity contribution is -0.753. The van der Waals surface area contributed by atoms with Gasteiger partial charge in [0.2, 0.25) is 12.6 Å². The summed E-state index contributed by atoms with van der Waals surface area (Å²) in [5, 5.41) is 30.1. The SMILES string of the molecule is CONc1nc2c(c(=O)[nH]1)n(OC)c[n+]2[C@@H]1O[C@H](CO)[C@@H](O)[C@@]1(C)O. The number of hydrogen-bond acceptors (Lipinski definition) is 9. The molecular formula is C13H20N5O7+. The average Bonchev–Trinajstić information content (AvgIpc) is 3.04. The quantitative estimate of drug-likeness (QED) is 0.278. The summed E-state index contributed by atoms with van der Waals surface area (Å²) in [6, 6.07) is 0. The van der Waals surface area contributed by atoms with Crippen molar-refractivity contribution in [2.75, 3.05) is 26.3 Å². The molecule has 0 amide bonds. The van der Waals surface area contributed by atoms with Gasteiger partial charge in [0.15, 0.2) is 0 Å². The Bertz CT molecular complexity index is 832. The van der Waals surface area contributed by atoms with Gasteiger partial charge in [-0.3, -0.25) is 14.6 Å². The minimum absolute atomic E-state index is 0.0273. The van der Waals surface area contributed by atoms with Crippen LogP contribution < -0.4 is 20.4 Å². The Labute approximate surface area is 141 Å². The maximum atomic E-state index is 12.3. The van der Waals surface area contributed by atoms with Crippen LogP contribution in [-0.4, -0.2) is 68.7 Å². The fraction of sp³-hybridized carbons (Fsp3) is 0.615. The molecule has 0 unspecified atom stereocenters. The van der Waals surface area contributed by atoms with Crippen molar-refractivity contribution in [3.05, 3.63) is 16.7 Å². The summed E-state index contributed by atoms with van der Waals surface area (Å²) in [6.45, 7) is 0.879. The van der Waals surface area contributed by atoms with Crippen LogP contribution in [0.5, 0.6) is 0 Å². The molecule has 5 N–H and O–H groups in total. The van der Waals surface area contributed by atoms with Gasteiger partial charge in [-0.1, -0.05) is 9.71 Å². The second-order valence-electron chi connectivity index (χ2n) is 5.80. The average molecular weight is 358 g/mol. The van der Waals surface area contributed by atoms with Gasteiger partial charge in [-0.05, 0) is 6.92 Å². The first kappa shape index (κ1) is 17.6. The lowest BCUT2D eigenvalue weighted by Gasteiger charge is -2.24. The molecule has 1 fully saturated rings. The second-order valence-corrected chi connectivity index (χ2v) is 5.80. The van der Waals surface area contributed by atoms with Crippen molar-refractivity contribution in [3.8, 4) is 0 Å². The molecule has 3 heterocycles. The lowest BCUT2D eigenvalue weighted by Crippen LogP contribution is -2.53. The standard InChI is InChI=1S/C13H19N5O7/c1-13(22)8(20)6(4-19)25-11(13)17-5-18(24-3)7-9(17)14-12(16-23-2)15-10(7)21/h5-6,8,11,19-20,22H,4H2,1-3H3,(H-,14,15,16,21)/p+1/t6-,8-,11-,13-/m1/s1. The van der Waals surface area contributed by atoms with E-state index in [1.165, 1.54) is 32.0 Å². The fourth-order valence-electron chi connectivity index (χ4n) is 2.90. The molecule has 12 nitrogen and oxygen atoms in total. The predicted octanol–water partition coefficient (Wildman–Crippen LogP) is -2.95. The van der Waals surface area contributed by atoms with Gasteiger partial charge in [0, 0.05) is 0 Å². The van der Waals surface area contributed by atoms with Crippen LogP contribution in [0.2, 0.25) is 0 Å². The number of nitrogens with one attached hydrogen (secondary N) is 2. The summed E-state index contributed by atoms with van der Waals surface area (Å²) in [7, 11) is 2.70. The zero-order chi connectivity index (χ0) is 18.4. The molecule has 25 heavy (non-hydrogen) atoms. The van der Waals surface area contributed by atoms with E-state index in [9.17, 15) is 20.1 Å². The minimum Gasteiger partial charge on any atom is -0.394 e. The molecule has 0 aromatic carbocycles. The van der Waals surface area contributed by atoms with Gasteiger partial charge < -0.3 is 24.9 Å². The summed E-state index contributed by atoms with van der Waals surface area (Å²) in [5.74, 6) is 0.0273. The summed E-state index contributed by atoms with van der Waals surface area (Å²) < 4.78 is 8.06. The van der Waals surface area contributed by atoms with Crippen LogP contribution in [0, 0.1) is 0 Å². The van der Waals surface area contributed by atoms with Crippen molar-refractivity contribution < 1.29 is 34.3 Å². The Kier molecular flexibility index (Phi) is 4.38. The summed E-state index contributed by atoms with van der Waals surface area (Å²) in [5.41, 5.74) is 0.313. The van der Waals surface area contributed by atoms with Crippen LogP contribution in [0.4, 0.5) is 5.95 Å². The first-order valence-corrected chi connectivity index (χ1v) is 7.41. The predicted molar refractivity (Wildman–Crippen MR) is 81.3 cm³/mol. The Morgan fingerprint density at radius 3 is 2.84 bits per heavy atom. The van der Waals surface area contributed by atoms with E-state index in [2.05, 4.69) is 15.4 Å². The molecule has 4 atom stereocenters. The minimum atomic E-state index is -1.75. The zero-order valence-electron chi connectivity index (χ0n) is 13.8. The molecule has 138 valence electrons. The summed E-state index contributed by atoms with van der Waals surface area (Å²) >= 11 is 0. The molecule has 2 aromatic heterocycles. The van der Waals surface area contributed by atoms with Gasteiger partial charge in [-0.2, -0.15) is 4.57 Å². The van der Waals surface area contributed by atoms with Crippen LogP contribution in [0.25, 0.3) is 11.2 Å². The smallest absolute Gasteiger partial charge is 0.317 e. The van der Waals surface area contributed by atoms with E-state index >= 15 is 0 Å². The summed E-state index contributed by atoms with van der Waals surface area (Å²) in [6.07, 6.45) is -2.10. The molecule has 3 rings (SSSR count). The molecule has 1 aliphatic heterocycles. The van der Waals surface area contributed by atoms with Crippen molar-refractivity contribution in [2.24, 2.45) is 0 Å². The normalized spacial score (nSPS) is 29.3. The number of hydrogen-bond donors (Lipinski definition) is 5. The van der Waals surface area contributed by atoms with Crippen molar-refractivity contribution in [1.82, 2.24) is 14.7 Å². The number of anilines is 1. The molecule has 0 bridgehead atoms. The molecule has 2 aromatic rings. The number of aromatic amines is 1. The number of fused-ring (bicyclic) bond motifs is 1. The third-order valence-electron chi connectivity index (χ3n) is 4.15. The molecule has 0 saturated carbocycles. The molecule has 0 radical (unpaired) electrons. The number of imidazole rings is 1. The monoisotopic (exact) mass is 358 g/mol. The maximum absolute atomic E-state index is 12.3. The van der Waals surface area contributed by atoms with Crippen LogP contribution in [0.15, 0.2) is 11.1 Å². The highest BCUT2D eigenvalue weighted by Crippen LogP contribution is 2.35. The number of H-pyrrole nitrogens is 1. The van der Waals surface area contributed by atoms with E-state index in [0.29, 0.717) is 0 Å². The van der Waals surface area contributed by atoms with E-state index in [1.807, 2.05) is 0 Å². The largest absolute Gasteiger partial charge is 0.394 e. The highest BCUT2D eigenvalue weighted by molar-refractivity contribution is 5.67. The first-order chi connectivity index (χ1) is 11.8. The van der Waals surface area contributed by atoms with Crippen molar-refractivity contribution in [1.29, 1.82) is 0 Å². The fourth-order valence-corrected chi connectivity index (χ4v) is 2.90. The van der Waals surface area contributed by atoms with E-state index in [0.717, 1.165) is 4.73 Å². The molecule has 0 aliphatic carbocycles.